The Labute approximate surface area is 114 Å². The van der Waals surface area contributed by atoms with Crippen LogP contribution >= 0.6 is 0 Å². The maximum absolute atomic E-state index is 11.6. The topological polar surface area (TPSA) is 50.4 Å². The molecular formula is C15H22N2O2. The third-order valence-electron chi connectivity index (χ3n) is 3.06. The summed E-state index contributed by atoms with van der Waals surface area (Å²) in [6, 6.07) is 8.67. The lowest BCUT2D eigenvalue weighted by Crippen LogP contribution is -2.45. The van der Waals surface area contributed by atoms with Crippen molar-refractivity contribution in [2.75, 3.05) is 6.54 Å². The predicted molar refractivity (Wildman–Crippen MR) is 75.0 cm³/mol. The SMILES string of the molecule is CC(C)(C)OC(=O)NCC1Cc2ccccc2CN1. The van der Waals surface area contributed by atoms with Crippen molar-refractivity contribution >= 4 is 6.09 Å². The molecule has 0 saturated heterocycles. The monoisotopic (exact) mass is 262 g/mol. The number of hydrogen-bond donors (Lipinski definition) is 2. The van der Waals surface area contributed by atoms with E-state index in [-0.39, 0.29) is 12.1 Å². The van der Waals surface area contributed by atoms with E-state index in [1.54, 1.807) is 0 Å². The van der Waals surface area contributed by atoms with Gasteiger partial charge >= 0.3 is 6.09 Å². The van der Waals surface area contributed by atoms with Gasteiger partial charge in [0.2, 0.25) is 0 Å². The molecule has 1 amide bonds. The first-order valence-corrected chi connectivity index (χ1v) is 6.71. The van der Waals surface area contributed by atoms with Crippen molar-refractivity contribution < 1.29 is 9.53 Å². The van der Waals surface area contributed by atoms with E-state index in [9.17, 15) is 4.79 Å². The number of alkyl carbamates (subject to hydrolysis) is 1. The van der Waals surface area contributed by atoms with Crippen molar-refractivity contribution in [2.45, 2.75) is 45.4 Å². The highest BCUT2D eigenvalue weighted by Crippen LogP contribution is 2.15. The lowest BCUT2D eigenvalue weighted by molar-refractivity contribution is 0.0522. The summed E-state index contributed by atoms with van der Waals surface area (Å²) >= 11 is 0. The Bertz CT molecular complexity index is 452. The van der Waals surface area contributed by atoms with E-state index in [0.717, 1.165) is 13.0 Å². The van der Waals surface area contributed by atoms with Gasteiger partial charge in [0.25, 0.3) is 0 Å². The maximum Gasteiger partial charge on any atom is 0.407 e. The van der Waals surface area contributed by atoms with E-state index in [2.05, 4.69) is 34.9 Å². The van der Waals surface area contributed by atoms with Gasteiger partial charge in [-0.15, -0.1) is 0 Å². The Morgan fingerprint density at radius 1 is 1.37 bits per heavy atom. The molecule has 0 aromatic heterocycles. The van der Waals surface area contributed by atoms with E-state index < -0.39 is 5.60 Å². The molecule has 1 unspecified atom stereocenters. The van der Waals surface area contributed by atoms with Gasteiger partial charge in [0.1, 0.15) is 5.60 Å². The molecule has 1 aliphatic rings. The minimum Gasteiger partial charge on any atom is -0.444 e. The Balaban J connectivity index is 1.81. The minimum absolute atomic E-state index is 0.266. The number of fused-ring (bicyclic) bond motifs is 1. The molecule has 0 aliphatic carbocycles. The second-order valence-electron chi connectivity index (χ2n) is 5.93. The zero-order chi connectivity index (χ0) is 13.9. The first kappa shape index (κ1) is 13.9. The van der Waals surface area contributed by atoms with Crippen LogP contribution in [0.15, 0.2) is 24.3 Å². The first-order valence-electron chi connectivity index (χ1n) is 6.71. The highest BCUT2D eigenvalue weighted by molar-refractivity contribution is 5.67. The second-order valence-corrected chi connectivity index (χ2v) is 5.93. The van der Waals surface area contributed by atoms with E-state index in [1.165, 1.54) is 11.1 Å². The summed E-state index contributed by atoms with van der Waals surface area (Å²) in [5.74, 6) is 0. The van der Waals surface area contributed by atoms with Crippen molar-refractivity contribution in [3.63, 3.8) is 0 Å². The molecule has 4 heteroatoms. The van der Waals surface area contributed by atoms with Crippen LogP contribution in [0.1, 0.15) is 31.9 Å². The summed E-state index contributed by atoms with van der Waals surface area (Å²) < 4.78 is 5.22. The van der Waals surface area contributed by atoms with Crippen LogP contribution in [-0.4, -0.2) is 24.3 Å². The van der Waals surface area contributed by atoms with Gasteiger partial charge in [0.15, 0.2) is 0 Å². The number of nitrogens with one attached hydrogen (secondary N) is 2. The summed E-state index contributed by atoms with van der Waals surface area (Å²) in [5.41, 5.74) is 2.25. The van der Waals surface area contributed by atoms with Gasteiger partial charge < -0.3 is 15.4 Å². The van der Waals surface area contributed by atoms with Crippen LogP contribution in [0.2, 0.25) is 0 Å². The molecular weight excluding hydrogens is 240 g/mol. The number of hydrogen-bond acceptors (Lipinski definition) is 3. The van der Waals surface area contributed by atoms with Crippen LogP contribution in [-0.2, 0) is 17.7 Å². The molecule has 1 aromatic carbocycles. The molecule has 0 saturated carbocycles. The molecule has 19 heavy (non-hydrogen) atoms. The summed E-state index contributed by atoms with van der Waals surface area (Å²) in [6.45, 7) is 7.03. The maximum atomic E-state index is 11.6. The van der Waals surface area contributed by atoms with E-state index >= 15 is 0 Å². The molecule has 0 fully saturated rings. The second kappa shape index (κ2) is 5.61. The quantitative estimate of drug-likeness (QED) is 0.859. The summed E-state index contributed by atoms with van der Waals surface area (Å²) in [4.78, 5) is 11.6. The summed E-state index contributed by atoms with van der Waals surface area (Å²) in [6.07, 6.45) is 0.583. The predicted octanol–water partition coefficient (Wildman–Crippen LogP) is 2.23. The van der Waals surface area contributed by atoms with Crippen molar-refractivity contribution in [1.29, 1.82) is 0 Å². The average Bonchev–Trinajstić information content (AvgIpc) is 2.34. The Hall–Kier alpha value is -1.55. The van der Waals surface area contributed by atoms with Gasteiger partial charge in [-0.3, -0.25) is 0 Å². The molecule has 1 heterocycles. The highest BCUT2D eigenvalue weighted by Gasteiger charge is 2.20. The normalized spacial score (nSPS) is 18.6. The van der Waals surface area contributed by atoms with Crippen LogP contribution in [0.25, 0.3) is 0 Å². The largest absolute Gasteiger partial charge is 0.444 e. The minimum atomic E-state index is -0.448. The lowest BCUT2D eigenvalue weighted by atomic mass is 9.96. The molecule has 2 N–H and O–H groups in total. The van der Waals surface area contributed by atoms with Crippen LogP contribution < -0.4 is 10.6 Å². The van der Waals surface area contributed by atoms with Gasteiger partial charge in [-0.1, -0.05) is 24.3 Å². The molecule has 1 aromatic rings. The molecule has 0 bridgehead atoms. The van der Waals surface area contributed by atoms with Gasteiger partial charge in [-0.25, -0.2) is 4.79 Å². The fourth-order valence-corrected chi connectivity index (χ4v) is 2.19. The van der Waals surface area contributed by atoms with Crippen molar-refractivity contribution in [3.05, 3.63) is 35.4 Å². The van der Waals surface area contributed by atoms with Crippen LogP contribution in [0, 0.1) is 0 Å². The Kier molecular flexibility index (Phi) is 4.10. The number of rotatable bonds is 2. The van der Waals surface area contributed by atoms with Gasteiger partial charge in [0, 0.05) is 19.1 Å². The van der Waals surface area contributed by atoms with Crippen LogP contribution in [0.3, 0.4) is 0 Å². The number of carbonyl (C=O) groups is 1. The number of benzene rings is 1. The Morgan fingerprint density at radius 3 is 2.74 bits per heavy atom. The molecule has 1 aliphatic heterocycles. The van der Waals surface area contributed by atoms with E-state index in [1.807, 2.05) is 20.8 Å². The fraction of sp³-hybridized carbons (Fsp3) is 0.533. The zero-order valence-corrected chi connectivity index (χ0v) is 11.8. The number of amides is 1. The highest BCUT2D eigenvalue weighted by atomic mass is 16.6. The van der Waals surface area contributed by atoms with Gasteiger partial charge in [-0.05, 0) is 38.3 Å². The smallest absolute Gasteiger partial charge is 0.407 e. The summed E-state index contributed by atoms with van der Waals surface area (Å²) in [7, 11) is 0. The molecule has 0 spiro atoms. The average molecular weight is 262 g/mol. The molecule has 2 rings (SSSR count). The van der Waals surface area contributed by atoms with Crippen LogP contribution in [0.4, 0.5) is 4.79 Å². The lowest BCUT2D eigenvalue weighted by Gasteiger charge is -2.27. The zero-order valence-electron chi connectivity index (χ0n) is 11.8. The van der Waals surface area contributed by atoms with E-state index in [4.69, 9.17) is 4.74 Å². The third-order valence-corrected chi connectivity index (χ3v) is 3.06. The van der Waals surface area contributed by atoms with Gasteiger partial charge in [-0.2, -0.15) is 0 Å². The van der Waals surface area contributed by atoms with Gasteiger partial charge in [0.05, 0.1) is 0 Å². The Morgan fingerprint density at radius 2 is 2.05 bits per heavy atom. The van der Waals surface area contributed by atoms with E-state index in [0.29, 0.717) is 6.54 Å². The standard InChI is InChI=1S/C15H22N2O2/c1-15(2,3)19-14(18)17-10-13-8-11-6-4-5-7-12(11)9-16-13/h4-7,13,16H,8-10H2,1-3H3,(H,17,18). The fourth-order valence-electron chi connectivity index (χ4n) is 2.19. The first-order chi connectivity index (χ1) is 8.94. The number of ether oxygens (including phenoxy) is 1. The number of carbonyl (C=O) groups excluding carboxylic acids is 1. The third kappa shape index (κ3) is 4.24. The molecule has 0 radical (unpaired) electrons. The van der Waals surface area contributed by atoms with Crippen LogP contribution in [0.5, 0.6) is 0 Å². The molecule has 4 nitrogen and oxygen atoms in total. The van der Waals surface area contributed by atoms with Crippen molar-refractivity contribution in [2.24, 2.45) is 0 Å². The molecule has 104 valence electrons. The molecule has 1 atom stereocenters. The summed E-state index contributed by atoms with van der Waals surface area (Å²) in [5, 5.41) is 6.24. The van der Waals surface area contributed by atoms with Crippen molar-refractivity contribution in [1.82, 2.24) is 10.6 Å². The van der Waals surface area contributed by atoms with Crippen molar-refractivity contribution in [3.8, 4) is 0 Å².